The van der Waals surface area contributed by atoms with E-state index < -0.39 is 4.92 Å². The summed E-state index contributed by atoms with van der Waals surface area (Å²) in [5.41, 5.74) is 2.80. The molecule has 0 aliphatic heterocycles. The van der Waals surface area contributed by atoms with Crippen LogP contribution in [0.2, 0.25) is 0 Å². The normalized spacial score (nSPS) is 9.42. The van der Waals surface area contributed by atoms with E-state index in [1.54, 1.807) is 0 Å². The van der Waals surface area contributed by atoms with Crippen LogP contribution in [-0.4, -0.2) is 4.92 Å². The molecule has 0 heterocycles. The van der Waals surface area contributed by atoms with Gasteiger partial charge < -0.3 is 0 Å². The highest BCUT2D eigenvalue weighted by atomic mass is 79.9. The molecule has 3 aromatic carbocycles. The number of rotatable bonds is 1. The van der Waals surface area contributed by atoms with Crippen LogP contribution in [0.5, 0.6) is 0 Å². The largest absolute Gasteiger partial charge is 0.271 e. The summed E-state index contributed by atoms with van der Waals surface area (Å²) in [6.45, 7) is 0. The van der Waals surface area contributed by atoms with Crippen LogP contribution in [0.15, 0.2) is 77.3 Å². The number of nitro benzene ring substituents is 1. The van der Waals surface area contributed by atoms with Crippen molar-refractivity contribution < 1.29 is 4.92 Å². The van der Waals surface area contributed by atoms with Crippen molar-refractivity contribution >= 4 is 21.6 Å². The summed E-state index contributed by atoms with van der Waals surface area (Å²) in [6, 6.07) is 21.9. The van der Waals surface area contributed by atoms with Crippen molar-refractivity contribution in [3.63, 3.8) is 0 Å². The quantitative estimate of drug-likeness (QED) is 0.321. The van der Waals surface area contributed by atoms with Gasteiger partial charge >= 0.3 is 0 Å². The Kier molecular flexibility index (Phi) is 5.49. The summed E-state index contributed by atoms with van der Waals surface area (Å²) in [5.74, 6) is 12.2. The van der Waals surface area contributed by atoms with E-state index in [1.165, 1.54) is 12.1 Å². The first-order valence-corrected chi connectivity index (χ1v) is 8.55. The number of hydrogen-bond acceptors (Lipinski definition) is 2. The SMILES string of the molecule is O=[N+]([O-])c1cc(Br)c(C#Cc2ccccc2)c(C#Cc2ccccc2)c1. The zero-order valence-electron chi connectivity index (χ0n) is 13.6. The zero-order valence-corrected chi connectivity index (χ0v) is 15.2. The maximum atomic E-state index is 11.2. The Morgan fingerprint density at radius 3 is 1.85 bits per heavy atom. The van der Waals surface area contributed by atoms with Gasteiger partial charge in [-0.3, -0.25) is 10.1 Å². The monoisotopic (exact) mass is 401 g/mol. The van der Waals surface area contributed by atoms with Crippen molar-refractivity contribution in [3.05, 3.63) is 110 Å². The molecule has 0 N–H and O–H groups in total. The van der Waals surface area contributed by atoms with Gasteiger partial charge in [-0.25, -0.2) is 0 Å². The lowest BCUT2D eigenvalue weighted by atomic mass is 10.1. The van der Waals surface area contributed by atoms with Crippen LogP contribution in [0, 0.1) is 33.8 Å². The summed E-state index contributed by atoms with van der Waals surface area (Å²) in [5, 5.41) is 11.2. The van der Waals surface area contributed by atoms with E-state index in [0.29, 0.717) is 15.6 Å². The first kappa shape index (κ1) is 17.5. The molecule has 0 spiro atoms. The second-order valence-electron chi connectivity index (χ2n) is 5.34. The fraction of sp³-hybridized carbons (Fsp3) is 0. The average Bonchev–Trinajstić information content (AvgIpc) is 2.66. The molecule has 124 valence electrons. The minimum absolute atomic E-state index is 0.0282. The lowest BCUT2D eigenvalue weighted by molar-refractivity contribution is -0.385. The maximum Gasteiger partial charge on any atom is 0.271 e. The number of halogens is 1. The minimum Gasteiger partial charge on any atom is -0.258 e. The van der Waals surface area contributed by atoms with Gasteiger partial charge in [-0.05, 0) is 40.2 Å². The van der Waals surface area contributed by atoms with Gasteiger partial charge in [0, 0.05) is 33.3 Å². The minimum atomic E-state index is -0.438. The van der Waals surface area contributed by atoms with Gasteiger partial charge in [0.2, 0.25) is 0 Å². The smallest absolute Gasteiger partial charge is 0.258 e. The Hall–Kier alpha value is -3.34. The zero-order chi connectivity index (χ0) is 18.4. The van der Waals surface area contributed by atoms with Crippen molar-refractivity contribution in [3.8, 4) is 23.7 Å². The van der Waals surface area contributed by atoms with E-state index in [-0.39, 0.29) is 5.69 Å². The second kappa shape index (κ2) is 8.16. The van der Waals surface area contributed by atoms with E-state index in [1.807, 2.05) is 60.7 Å². The van der Waals surface area contributed by atoms with E-state index in [0.717, 1.165) is 11.1 Å². The van der Waals surface area contributed by atoms with Crippen molar-refractivity contribution in [2.24, 2.45) is 0 Å². The maximum absolute atomic E-state index is 11.2. The molecule has 0 aliphatic rings. The van der Waals surface area contributed by atoms with E-state index in [9.17, 15) is 10.1 Å². The lowest BCUT2D eigenvalue weighted by Gasteiger charge is -2.01. The molecule has 4 heteroatoms. The third-order valence-corrected chi connectivity index (χ3v) is 4.13. The summed E-state index contributed by atoms with van der Waals surface area (Å²) in [7, 11) is 0. The molecule has 3 aromatic rings. The highest BCUT2D eigenvalue weighted by Gasteiger charge is 2.13. The summed E-state index contributed by atoms with van der Waals surface area (Å²) < 4.78 is 0.549. The van der Waals surface area contributed by atoms with Crippen LogP contribution < -0.4 is 0 Å². The predicted molar refractivity (Wildman–Crippen MR) is 106 cm³/mol. The molecule has 0 atom stereocenters. The standard InChI is InChI=1S/C22H12BrNO2/c23-22-16-20(24(25)26)15-19(13-11-17-7-3-1-4-8-17)21(22)14-12-18-9-5-2-6-10-18/h1-10,15-16H. The molecule has 26 heavy (non-hydrogen) atoms. The molecule has 0 fully saturated rings. The molecule has 0 saturated heterocycles. The molecule has 0 radical (unpaired) electrons. The van der Waals surface area contributed by atoms with Crippen molar-refractivity contribution in [2.45, 2.75) is 0 Å². The molecular formula is C22H12BrNO2. The third-order valence-electron chi connectivity index (χ3n) is 3.51. The first-order chi connectivity index (χ1) is 12.6. The number of non-ortho nitro benzene ring substituents is 1. The lowest BCUT2D eigenvalue weighted by Crippen LogP contribution is -1.93. The van der Waals surface area contributed by atoms with Gasteiger partial charge in [0.05, 0.1) is 10.5 Å². The van der Waals surface area contributed by atoms with Gasteiger partial charge in [-0.2, -0.15) is 0 Å². The van der Waals surface area contributed by atoms with Gasteiger partial charge in [0.15, 0.2) is 0 Å². The Morgan fingerprint density at radius 1 is 0.769 bits per heavy atom. The van der Waals surface area contributed by atoms with Crippen LogP contribution in [0.3, 0.4) is 0 Å². The molecular weight excluding hydrogens is 390 g/mol. The fourth-order valence-corrected chi connectivity index (χ4v) is 2.79. The summed E-state index contributed by atoms with van der Waals surface area (Å²) in [6.07, 6.45) is 0. The Bertz CT molecular complexity index is 1070. The van der Waals surface area contributed by atoms with Gasteiger partial charge in [0.1, 0.15) is 0 Å². The molecule has 0 aromatic heterocycles. The summed E-state index contributed by atoms with van der Waals surface area (Å²) >= 11 is 3.39. The topological polar surface area (TPSA) is 43.1 Å². The predicted octanol–water partition coefficient (Wildman–Crippen LogP) is 5.16. The number of nitrogens with zero attached hydrogens (tertiary/aromatic N) is 1. The molecule has 0 unspecified atom stereocenters. The van der Waals surface area contributed by atoms with Gasteiger partial charge in [-0.1, -0.05) is 60.1 Å². The fourth-order valence-electron chi connectivity index (χ4n) is 2.24. The van der Waals surface area contributed by atoms with E-state index in [2.05, 4.69) is 39.6 Å². The van der Waals surface area contributed by atoms with Gasteiger partial charge in [-0.15, -0.1) is 0 Å². The Balaban J connectivity index is 2.10. The Labute approximate surface area is 160 Å². The Morgan fingerprint density at radius 2 is 1.31 bits per heavy atom. The molecule has 0 bridgehead atoms. The van der Waals surface area contributed by atoms with Crippen LogP contribution in [0.1, 0.15) is 22.3 Å². The second-order valence-corrected chi connectivity index (χ2v) is 6.19. The molecule has 0 aliphatic carbocycles. The highest BCUT2D eigenvalue weighted by Crippen LogP contribution is 2.26. The van der Waals surface area contributed by atoms with Gasteiger partial charge in [0.25, 0.3) is 5.69 Å². The highest BCUT2D eigenvalue weighted by molar-refractivity contribution is 9.10. The van der Waals surface area contributed by atoms with Crippen molar-refractivity contribution in [1.29, 1.82) is 0 Å². The molecule has 3 rings (SSSR count). The number of nitro groups is 1. The van der Waals surface area contributed by atoms with Crippen LogP contribution in [-0.2, 0) is 0 Å². The average molecular weight is 402 g/mol. The van der Waals surface area contributed by atoms with E-state index >= 15 is 0 Å². The number of hydrogen-bond donors (Lipinski definition) is 0. The summed E-state index contributed by atoms with van der Waals surface area (Å²) in [4.78, 5) is 10.7. The van der Waals surface area contributed by atoms with Crippen molar-refractivity contribution in [1.82, 2.24) is 0 Å². The molecule has 3 nitrogen and oxygen atoms in total. The third kappa shape index (κ3) is 4.39. The van der Waals surface area contributed by atoms with Crippen LogP contribution in [0.4, 0.5) is 5.69 Å². The first-order valence-electron chi connectivity index (χ1n) is 7.75. The van der Waals surface area contributed by atoms with E-state index in [4.69, 9.17) is 0 Å². The molecule has 0 amide bonds. The van der Waals surface area contributed by atoms with Crippen molar-refractivity contribution in [2.75, 3.05) is 0 Å². The number of benzene rings is 3. The van der Waals surface area contributed by atoms with Crippen LogP contribution in [0.25, 0.3) is 0 Å². The molecule has 0 saturated carbocycles. The van der Waals surface area contributed by atoms with Crippen LogP contribution >= 0.6 is 15.9 Å².